The molecular formula is C18H36O2S. The smallest absolute Gasteiger partial charge is 0.318 e. The number of hydrogen-bond acceptors (Lipinski definition) is 3. The van der Waals surface area contributed by atoms with Crippen molar-refractivity contribution in [2.24, 2.45) is 0 Å². The second-order valence-electron chi connectivity index (χ2n) is 6.09. The largest absolute Gasteiger partial charge is 0.465 e. The van der Waals surface area contributed by atoms with Gasteiger partial charge in [0.1, 0.15) is 0 Å². The van der Waals surface area contributed by atoms with Crippen molar-refractivity contribution in [1.82, 2.24) is 0 Å². The van der Waals surface area contributed by atoms with Crippen LogP contribution < -0.4 is 0 Å². The summed E-state index contributed by atoms with van der Waals surface area (Å²) in [6.45, 7) is 4.57. The van der Waals surface area contributed by atoms with Gasteiger partial charge in [0.15, 0.2) is 0 Å². The van der Waals surface area contributed by atoms with E-state index >= 15 is 0 Å². The molecule has 0 aliphatic rings. The molecule has 0 aromatic carbocycles. The van der Waals surface area contributed by atoms with Crippen LogP contribution in [0, 0.1) is 0 Å². The van der Waals surface area contributed by atoms with Crippen LogP contribution in [0.25, 0.3) is 0 Å². The average molecular weight is 317 g/mol. The highest BCUT2D eigenvalue weighted by atomic mass is 32.1. The van der Waals surface area contributed by atoms with E-state index < -0.39 is 0 Å². The Balaban J connectivity index is 3.04. The molecule has 0 aliphatic carbocycles. The van der Waals surface area contributed by atoms with Gasteiger partial charge >= 0.3 is 5.97 Å². The first-order valence-electron chi connectivity index (χ1n) is 9.03. The molecule has 1 unspecified atom stereocenters. The summed E-state index contributed by atoms with van der Waals surface area (Å²) in [5.74, 6) is -0.197. The molecule has 0 fully saturated rings. The van der Waals surface area contributed by atoms with Crippen LogP contribution >= 0.6 is 12.6 Å². The van der Waals surface area contributed by atoms with Gasteiger partial charge in [0.25, 0.3) is 0 Å². The quantitative estimate of drug-likeness (QED) is 0.230. The lowest BCUT2D eigenvalue weighted by Gasteiger charge is -2.06. The predicted molar refractivity (Wildman–Crippen MR) is 95.1 cm³/mol. The zero-order valence-electron chi connectivity index (χ0n) is 14.2. The summed E-state index contributed by atoms with van der Waals surface area (Å²) in [5.41, 5.74) is 0. The third-order valence-electron chi connectivity index (χ3n) is 3.83. The van der Waals surface area contributed by atoms with Crippen molar-refractivity contribution in [3.8, 4) is 0 Å². The fourth-order valence-electron chi connectivity index (χ4n) is 2.41. The van der Waals surface area contributed by atoms with E-state index in [-0.39, 0.29) is 11.2 Å². The Morgan fingerprint density at radius 2 is 1.19 bits per heavy atom. The van der Waals surface area contributed by atoms with E-state index in [2.05, 4.69) is 19.6 Å². The summed E-state index contributed by atoms with van der Waals surface area (Å²) < 4.78 is 5.09. The van der Waals surface area contributed by atoms with Crippen LogP contribution in [0.3, 0.4) is 0 Å². The zero-order chi connectivity index (χ0) is 15.8. The van der Waals surface area contributed by atoms with Gasteiger partial charge < -0.3 is 4.74 Å². The number of unbranched alkanes of at least 4 members (excludes halogenated alkanes) is 12. The van der Waals surface area contributed by atoms with E-state index in [4.69, 9.17) is 4.74 Å². The van der Waals surface area contributed by atoms with Crippen molar-refractivity contribution in [3.05, 3.63) is 0 Å². The van der Waals surface area contributed by atoms with E-state index in [0.29, 0.717) is 6.61 Å². The highest BCUT2D eigenvalue weighted by Crippen LogP contribution is 2.12. The molecule has 0 radical (unpaired) electrons. The highest BCUT2D eigenvalue weighted by molar-refractivity contribution is 7.81. The third kappa shape index (κ3) is 16.0. The first-order chi connectivity index (χ1) is 10.2. The minimum Gasteiger partial charge on any atom is -0.465 e. The molecule has 0 aromatic heterocycles. The Kier molecular flexibility index (Phi) is 16.1. The van der Waals surface area contributed by atoms with E-state index in [0.717, 1.165) is 6.42 Å². The molecule has 0 rings (SSSR count). The molecule has 126 valence electrons. The Hall–Kier alpha value is -0.180. The Bertz CT molecular complexity index is 229. The predicted octanol–water partition coefficient (Wildman–Crippen LogP) is 5.94. The third-order valence-corrected chi connectivity index (χ3v) is 4.04. The van der Waals surface area contributed by atoms with Crippen LogP contribution in [-0.4, -0.2) is 17.8 Å². The summed E-state index contributed by atoms with van der Waals surface area (Å²) in [6, 6.07) is 0. The molecule has 0 spiro atoms. The Labute approximate surface area is 137 Å². The first-order valence-corrected chi connectivity index (χ1v) is 9.54. The summed E-state index contributed by atoms with van der Waals surface area (Å²) in [6.07, 6.45) is 17.4. The van der Waals surface area contributed by atoms with Crippen molar-refractivity contribution in [2.75, 3.05) is 6.61 Å². The molecule has 1 atom stereocenters. The number of carbonyl (C=O) groups is 1. The van der Waals surface area contributed by atoms with Crippen LogP contribution in [-0.2, 0) is 9.53 Å². The van der Waals surface area contributed by atoms with Crippen molar-refractivity contribution in [2.45, 2.75) is 103 Å². The maximum absolute atomic E-state index is 11.2. The van der Waals surface area contributed by atoms with Gasteiger partial charge in [0.2, 0.25) is 0 Å². The Morgan fingerprint density at radius 3 is 1.57 bits per heavy atom. The Morgan fingerprint density at radius 1 is 0.810 bits per heavy atom. The van der Waals surface area contributed by atoms with Gasteiger partial charge in [-0.2, -0.15) is 12.6 Å². The van der Waals surface area contributed by atoms with Gasteiger partial charge in [-0.3, -0.25) is 4.79 Å². The van der Waals surface area contributed by atoms with Crippen molar-refractivity contribution >= 4 is 18.6 Å². The number of carbonyl (C=O) groups excluding carboxylic acids is 1. The topological polar surface area (TPSA) is 26.3 Å². The van der Waals surface area contributed by atoms with Crippen LogP contribution in [0.4, 0.5) is 0 Å². The van der Waals surface area contributed by atoms with Crippen LogP contribution in [0.1, 0.15) is 97.3 Å². The summed E-state index contributed by atoms with van der Waals surface area (Å²) >= 11 is 4.04. The molecule has 0 aromatic rings. The molecule has 2 nitrogen and oxygen atoms in total. The van der Waals surface area contributed by atoms with Crippen molar-refractivity contribution in [1.29, 1.82) is 0 Å². The highest BCUT2D eigenvalue weighted by Gasteiger charge is 2.07. The van der Waals surface area contributed by atoms with E-state index in [1.165, 1.54) is 77.0 Å². The van der Waals surface area contributed by atoms with E-state index in [9.17, 15) is 4.79 Å². The fourth-order valence-corrected chi connectivity index (χ4v) is 2.49. The molecular weight excluding hydrogens is 280 g/mol. The first kappa shape index (κ1) is 20.8. The molecule has 0 N–H and O–H groups in total. The molecule has 0 amide bonds. The number of esters is 1. The number of rotatable bonds is 15. The van der Waals surface area contributed by atoms with Crippen molar-refractivity contribution < 1.29 is 9.53 Å². The number of hydrogen-bond donors (Lipinski definition) is 1. The molecule has 0 aliphatic heterocycles. The molecule has 21 heavy (non-hydrogen) atoms. The standard InChI is InChI=1S/C18H36O2S/c1-3-4-5-6-7-8-9-10-11-12-13-14-15-16-20-18(19)17(2)21/h17,21H,3-16H2,1-2H3. The van der Waals surface area contributed by atoms with Crippen molar-refractivity contribution in [3.63, 3.8) is 0 Å². The lowest BCUT2D eigenvalue weighted by Crippen LogP contribution is -2.15. The molecule has 0 saturated carbocycles. The van der Waals surface area contributed by atoms with Gasteiger partial charge in [0, 0.05) is 0 Å². The average Bonchev–Trinajstić information content (AvgIpc) is 2.47. The van der Waals surface area contributed by atoms with E-state index in [1.807, 2.05) is 0 Å². The van der Waals surface area contributed by atoms with Gasteiger partial charge in [-0.15, -0.1) is 0 Å². The monoisotopic (exact) mass is 316 g/mol. The summed E-state index contributed by atoms with van der Waals surface area (Å²) in [5, 5.41) is -0.299. The van der Waals surface area contributed by atoms with Gasteiger partial charge in [-0.25, -0.2) is 0 Å². The number of ether oxygens (including phenoxy) is 1. The summed E-state index contributed by atoms with van der Waals surface area (Å²) in [7, 11) is 0. The molecule has 0 saturated heterocycles. The minimum atomic E-state index is -0.299. The second kappa shape index (κ2) is 16.2. The molecule has 0 heterocycles. The minimum absolute atomic E-state index is 0.197. The molecule has 3 heteroatoms. The zero-order valence-corrected chi connectivity index (χ0v) is 15.1. The molecule has 0 bridgehead atoms. The maximum atomic E-state index is 11.2. The van der Waals surface area contributed by atoms with Crippen LogP contribution in [0.2, 0.25) is 0 Å². The van der Waals surface area contributed by atoms with Gasteiger partial charge in [-0.05, 0) is 13.3 Å². The fraction of sp³-hybridized carbons (Fsp3) is 0.944. The maximum Gasteiger partial charge on any atom is 0.318 e. The van der Waals surface area contributed by atoms with Gasteiger partial charge in [0.05, 0.1) is 11.9 Å². The van der Waals surface area contributed by atoms with Gasteiger partial charge in [-0.1, -0.05) is 84.0 Å². The van der Waals surface area contributed by atoms with E-state index in [1.54, 1.807) is 6.92 Å². The summed E-state index contributed by atoms with van der Waals surface area (Å²) in [4.78, 5) is 11.2. The lowest BCUT2D eigenvalue weighted by molar-refractivity contribution is -0.142. The number of thiol groups is 1. The second-order valence-corrected chi connectivity index (χ2v) is 6.86. The van der Waals surface area contributed by atoms with Crippen LogP contribution in [0.15, 0.2) is 0 Å². The SMILES string of the molecule is CCCCCCCCCCCCCCCOC(=O)C(C)S. The lowest BCUT2D eigenvalue weighted by atomic mass is 10.0. The normalized spacial score (nSPS) is 12.3. The van der Waals surface area contributed by atoms with Crippen LogP contribution in [0.5, 0.6) is 0 Å².